The molecule has 0 fully saturated rings. The van der Waals surface area contributed by atoms with Crippen LogP contribution in [0.2, 0.25) is 0 Å². The first-order valence-electron chi connectivity index (χ1n) is 6.19. The van der Waals surface area contributed by atoms with Crippen LogP contribution in [-0.4, -0.2) is 21.7 Å². The lowest BCUT2D eigenvalue weighted by Gasteiger charge is -1.99. The number of para-hydroxylation sites is 1. The summed E-state index contributed by atoms with van der Waals surface area (Å²) in [6.45, 7) is 2.99. The normalized spacial score (nSPS) is 10.4. The summed E-state index contributed by atoms with van der Waals surface area (Å²) in [6.07, 6.45) is 2.19. The lowest BCUT2D eigenvalue weighted by molar-refractivity contribution is -0.387. The van der Waals surface area contributed by atoms with Gasteiger partial charge >= 0.3 is 0 Å². The van der Waals surface area contributed by atoms with Crippen molar-refractivity contribution < 1.29 is 4.92 Å². The summed E-state index contributed by atoms with van der Waals surface area (Å²) in [4.78, 5) is 11.1. The summed E-state index contributed by atoms with van der Waals surface area (Å²) in [5.74, 6) is 0. The Morgan fingerprint density at radius 3 is 2.95 bits per heavy atom. The van der Waals surface area contributed by atoms with Gasteiger partial charge in [-0.2, -0.15) is 0 Å². The molecule has 0 saturated carbocycles. The third-order valence-corrected chi connectivity index (χ3v) is 4.47. The van der Waals surface area contributed by atoms with Crippen LogP contribution in [-0.2, 0) is 0 Å². The van der Waals surface area contributed by atoms with Gasteiger partial charge in [0.2, 0.25) is 5.13 Å². The van der Waals surface area contributed by atoms with Crippen molar-refractivity contribution in [1.29, 1.82) is 0 Å². The van der Waals surface area contributed by atoms with E-state index in [-0.39, 0.29) is 10.6 Å². The number of nitrogens with one attached hydrogen (secondary N) is 1. The first kappa shape index (κ1) is 14.7. The molecule has 0 saturated heterocycles. The summed E-state index contributed by atoms with van der Waals surface area (Å²) >= 11 is 2.67. The van der Waals surface area contributed by atoms with Gasteiger partial charge in [0.05, 0.1) is 9.82 Å². The minimum Gasteiger partial charge on any atom is -0.360 e. The third-order valence-electron chi connectivity index (χ3n) is 2.47. The van der Waals surface area contributed by atoms with Gasteiger partial charge < -0.3 is 5.32 Å². The van der Waals surface area contributed by atoms with E-state index in [1.54, 1.807) is 18.2 Å². The Kier molecular flexibility index (Phi) is 5.31. The molecule has 0 aliphatic carbocycles. The number of nitro groups is 1. The molecule has 0 atom stereocenters. The largest absolute Gasteiger partial charge is 0.360 e. The smallest absolute Gasteiger partial charge is 0.283 e. The summed E-state index contributed by atoms with van der Waals surface area (Å²) in [5.41, 5.74) is 0.0909. The number of benzene rings is 1. The first-order valence-corrected chi connectivity index (χ1v) is 7.82. The van der Waals surface area contributed by atoms with Crippen LogP contribution in [0.1, 0.15) is 19.8 Å². The van der Waals surface area contributed by atoms with Crippen molar-refractivity contribution in [3.63, 3.8) is 0 Å². The van der Waals surface area contributed by atoms with Crippen molar-refractivity contribution in [3.8, 4) is 0 Å². The van der Waals surface area contributed by atoms with Gasteiger partial charge in [-0.1, -0.05) is 36.8 Å². The molecule has 1 aromatic carbocycles. The molecule has 8 heteroatoms. The van der Waals surface area contributed by atoms with E-state index in [0.717, 1.165) is 24.5 Å². The second kappa shape index (κ2) is 7.20. The molecule has 106 valence electrons. The van der Waals surface area contributed by atoms with Crippen LogP contribution in [0.3, 0.4) is 0 Å². The van der Waals surface area contributed by atoms with Crippen molar-refractivity contribution in [2.45, 2.75) is 29.0 Å². The average Bonchev–Trinajstić information content (AvgIpc) is 2.87. The second-order valence-electron chi connectivity index (χ2n) is 3.98. The van der Waals surface area contributed by atoms with E-state index < -0.39 is 0 Å². The molecule has 0 aliphatic rings. The fraction of sp³-hybridized carbons (Fsp3) is 0.333. The van der Waals surface area contributed by atoms with Gasteiger partial charge in [0.15, 0.2) is 4.34 Å². The van der Waals surface area contributed by atoms with E-state index in [0.29, 0.717) is 9.24 Å². The van der Waals surface area contributed by atoms with E-state index >= 15 is 0 Å². The number of rotatable bonds is 7. The summed E-state index contributed by atoms with van der Waals surface area (Å²) < 4.78 is 0.693. The molecule has 0 unspecified atom stereocenters. The van der Waals surface area contributed by atoms with E-state index in [2.05, 4.69) is 22.4 Å². The maximum atomic E-state index is 10.9. The molecule has 0 bridgehead atoms. The Morgan fingerprint density at radius 1 is 1.40 bits per heavy atom. The zero-order valence-corrected chi connectivity index (χ0v) is 12.5. The van der Waals surface area contributed by atoms with Crippen LogP contribution in [0.25, 0.3) is 0 Å². The predicted octanol–water partition coefficient (Wildman–Crippen LogP) is 3.81. The summed E-state index contributed by atoms with van der Waals surface area (Å²) in [7, 11) is 0. The SMILES string of the molecule is CCCCNc1nnc(Sc2ccccc2[N+](=O)[O-])s1. The number of aromatic nitrogens is 2. The molecule has 0 radical (unpaired) electrons. The molecular weight excluding hydrogens is 296 g/mol. The number of nitro benzene ring substituents is 1. The highest BCUT2D eigenvalue weighted by Crippen LogP contribution is 2.36. The van der Waals surface area contributed by atoms with Gasteiger partial charge in [-0.05, 0) is 24.2 Å². The fourth-order valence-corrected chi connectivity index (χ4v) is 3.32. The van der Waals surface area contributed by atoms with E-state index in [9.17, 15) is 10.1 Å². The van der Waals surface area contributed by atoms with Crippen molar-refractivity contribution in [2.24, 2.45) is 0 Å². The highest BCUT2D eigenvalue weighted by atomic mass is 32.2. The van der Waals surface area contributed by atoms with Gasteiger partial charge in [0, 0.05) is 12.6 Å². The van der Waals surface area contributed by atoms with Gasteiger partial charge in [0.25, 0.3) is 5.69 Å². The van der Waals surface area contributed by atoms with Crippen molar-refractivity contribution in [3.05, 3.63) is 34.4 Å². The number of unbranched alkanes of at least 4 members (excludes halogenated alkanes) is 1. The van der Waals surface area contributed by atoms with E-state index in [1.165, 1.54) is 29.2 Å². The van der Waals surface area contributed by atoms with Gasteiger partial charge in [-0.3, -0.25) is 10.1 Å². The first-order chi connectivity index (χ1) is 9.70. The van der Waals surface area contributed by atoms with Crippen molar-refractivity contribution in [2.75, 3.05) is 11.9 Å². The Hall–Kier alpha value is -1.67. The molecule has 1 heterocycles. The number of nitrogens with zero attached hydrogens (tertiary/aromatic N) is 3. The van der Waals surface area contributed by atoms with E-state index in [4.69, 9.17) is 0 Å². The number of hydrogen-bond donors (Lipinski definition) is 1. The highest BCUT2D eigenvalue weighted by Gasteiger charge is 2.15. The van der Waals surface area contributed by atoms with Crippen LogP contribution in [0.5, 0.6) is 0 Å². The molecule has 0 aliphatic heterocycles. The summed E-state index contributed by atoms with van der Waals surface area (Å²) in [5, 5.41) is 22.9. The Morgan fingerprint density at radius 2 is 2.20 bits per heavy atom. The Labute approximate surface area is 124 Å². The standard InChI is InChI=1S/C12H14N4O2S2/c1-2-3-8-13-11-14-15-12(20-11)19-10-7-5-4-6-9(10)16(17)18/h4-7H,2-3,8H2,1H3,(H,13,14). The van der Waals surface area contributed by atoms with Gasteiger partial charge in [0.1, 0.15) is 0 Å². The van der Waals surface area contributed by atoms with E-state index in [1.807, 2.05) is 0 Å². The zero-order chi connectivity index (χ0) is 14.4. The molecule has 2 aromatic rings. The monoisotopic (exact) mass is 310 g/mol. The van der Waals surface area contributed by atoms with Crippen molar-refractivity contribution in [1.82, 2.24) is 10.2 Å². The molecule has 20 heavy (non-hydrogen) atoms. The lowest BCUT2D eigenvalue weighted by atomic mass is 10.3. The quantitative estimate of drug-likeness (QED) is 0.476. The lowest BCUT2D eigenvalue weighted by Crippen LogP contribution is -1.99. The van der Waals surface area contributed by atoms with Gasteiger partial charge in [-0.25, -0.2) is 0 Å². The highest BCUT2D eigenvalue weighted by molar-refractivity contribution is 8.01. The summed E-state index contributed by atoms with van der Waals surface area (Å²) in [6, 6.07) is 6.63. The fourth-order valence-electron chi connectivity index (χ4n) is 1.48. The Bertz CT molecular complexity index is 588. The topological polar surface area (TPSA) is 81.0 Å². The predicted molar refractivity (Wildman–Crippen MR) is 80.5 cm³/mol. The third kappa shape index (κ3) is 3.91. The van der Waals surface area contributed by atoms with Gasteiger partial charge in [-0.15, -0.1) is 10.2 Å². The van der Waals surface area contributed by atoms with Crippen LogP contribution in [0.15, 0.2) is 33.5 Å². The van der Waals surface area contributed by atoms with Crippen LogP contribution in [0.4, 0.5) is 10.8 Å². The zero-order valence-electron chi connectivity index (χ0n) is 10.9. The second-order valence-corrected chi connectivity index (χ2v) is 6.25. The van der Waals surface area contributed by atoms with Crippen LogP contribution < -0.4 is 5.32 Å². The minimum absolute atomic E-state index is 0.0909. The Balaban J connectivity index is 2.05. The van der Waals surface area contributed by atoms with Crippen molar-refractivity contribution >= 4 is 33.9 Å². The maximum Gasteiger partial charge on any atom is 0.283 e. The molecule has 6 nitrogen and oxygen atoms in total. The minimum atomic E-state index is -0.385. The molecule has 0 amide bonds. The molecule has 1 aromatic heterocycles. The molecule has 1 N–H and O–H groups in total. The number of hydrogen-bond acceptors (Lipinski definition) is 7. The molecular formula is C12H14N4O2S2. The van der Waals surface area contributed by atoms with Crippen LogP contribution >= 0.6 is 23.1 Å². The van der Waals surface area contributed by atoms with Crippen LogP contribution in [0, 0.1) is 10.1 Å². The molecule has 0 spiro atoms. The maximum absolute atomic E-state index is 10.9. The number of anilines is 1. The average molecular weight is 310 g/mol. The molecule has 2 rings (SSSR count).